The number of nitrogens with zero attached hydrogens (tertiary/aromatic N) is 2. The summed E-state index contributed by atoms with van der Waals surface area (Å²) in [5.74, 6) is 0.486. The number of fused-ring (bicyclic) bond motifs is 1. The van der Waals surface area contributed by atoms with Crippen molar-refractivity contribution < 1.29 is 19.0 Å². The molecule has 0 amide bonds. The Kier molecular flexibility index (Phi) is 8.77. The van der Waals surface area contributed by atoms with E-state index in [1.54, 1.807) is 29.9 Å². The summed E-state index contributed by atoms with van der Waals surface area (Å²) < 4.78 is 19.8. The van der Waals surface area contributed by atoms with E-state index in [1.807, 2.05) is 61.5 Å². The van der Waals surface area contributed by atoms with Crippen molar-refractivity contribution in [2.24, 2.45) is 4.99 Å². The van der Waals surface area contributed by atoms with Crippen LogP contribution < -0.4 is 24.4 Å². The molecular formula is C31H26BrClN2O5S. The number of halogens is 2. The van der Waals surface area contributed by atoms with Gasteiger partial charge in [0.2, 0.25) is 0 Å². The molecule has 0 saturated carbocycles. The fraction of sp³-hybridized carbons (Fsp3) is 0.194. The van der Waals surface area contributed by atoms with Crippen molar-refractivity contribution >= 4 is 50.9 Å². The number of rotatable bonds is 8. The van der Waals surface area contributed by atoms with Crippen LogP contribution in [0.1, 0.15) is 36.1 Å². The van der Waals surface area contributed by atoms with E-state index in [2.05, 4.69) is 15.9 Å². The number of methoxy groups -OCH3 is 2. The molecule has 0 N–H and O–H groups in total. The van der Waals surface area contributed by atoms with Gasteiger partial charge >= 0.3 is 5.97 Å². The fourth-order valence-corrected chi connectivity index (χ4v) is 6.29. The van der Waals surface area contributed by atoms with Crippen molar-refractivity contribution in [1.82, 2.24) is 4.57 Å². The lowest BCUT2D eigenvalue weighted by Gasteiger charge is -2.25. The summed E-state index contributed by atoms with van der Waals surface area (Å²) in [5, 5.41) is 0.640. The quantitative estimate of drug-likeness (QED) is 0.225. The molecule has 2 heterocycles. The first-order chi connectivity index (χ1) is 19.8. The molecule has 1 aliphatic rings. The van der Waals surface area contributed by atoms with Crippen LogP contribution in [-0.2, 0) is 16.1 Å². The molecule has 0 unspecified atom stereocenters. The number of ether oxygens (including phenoxy) is 3. The molecule has 1 aromatic heterocycles. The van der Waals surface area contributed by atoms with Gasteiger partial charge in [-0.05, 0) is 47.9 Å². The molecule has 1 atom stereocenters. The zero-order valence-electron chi connectivity index (χ0n) is 22.5. The third-order valence-corrected chi connectivity index (χ3v) is 8.31. The molecule has 0 bridgehead atoms. The second-order valence-corrected chi connectivity index (χ2v) is 11.5. The molecule has 1 aliphatic heterocycles. The van der Waals surface area contributed by atoms with Crippen LogP contribution in [0.2, 0.25) is 5.02 Å². The van der Waals surface area contributed by atoms with E-state index in [-0.39, 0.29) is 12.2 Å². The van der Waals surface area contributed by atoms with Crippen molar-refractivity contribution in [3.8, 4) is 11.5 Å². The van der Waals surface area contributed by atoms with Crippen LogP contribution in [0, 0.1) is 0 Å². The van der Waals surface area contributed by atoms with Crippen LogP contribution in [0.15, 0.2) is 92.3 Å². The van der Waals surface area contributed by atoms with E-state index >= 15 is 0 Å². The number of carbonyl (C=O) groups is 1. The van der Waals surface area contributed by atoms with E-state index in [1.165, 1.54) is 18.4 Å². The van der Waals surface area contributed by atoms with Gasteiger partial charge in [0.25, 0.3) is 5.56 Å². The number of esters is 1. The number of carbonyl (C=O) groups excluding carboxylic acids is 1. The third kappa shape index (κ3) is 5.88. The number of thiazole rings is 1. The van der Waals surface area contributed by atoms with Crippen LogP contribution in [-0.4, -0.2) is 24.8 Å². The first-order valence-electron chi connectivity index (χ1n) is 12.8. The summed E-state index contributed by atoms with van der Waals surface area (Å²) in [7, 11) is 2.90. The van der Waals surface area contributed by atoms with Crippen molar-refractivity contribution in [3.05, 3.63) is 124 Å². The maximum absolute atomic E-state index is 14.0. The van der Waals surface area contributed by atoms with Gasteiger partial charge in [0, 0.05) is 15.1 Å². The highest BCUT2D eigenvalue weighted by molar-refractivity contribution is 9.10. The Labute approximate surface area is 254 Å². The van der Waals surface area contributed by atoms with E-state index in [4.69, 9.17) is 30.8 Å². The highest BCUT2D eigenvalue weighted by Gasteiger charge is 2.33. The summed E-state index contributed by atoms with van der Waals surface area (Å²) >= 11 is 10.8. The van der Waals surface area contributed by atoms with E-state index < -0.39 is 12.0 Å². The number of allylic oxidation sites excluding steroid dienone is 1. The van der Waals surface area contributed by atoms with Crippen molar-refractivity contribution in [3.63, 3.8) is 0 Å². The zero-order valence-corrected chi connectivity index (χ0v) is 25.7. The standard InChI is InChI=1S/C31H26BrClN2O5S/c1-4-23-26(30(37)39-3)27(19-8-6-5-7-9-19)35-29(36)25(41-31(35)34-23)15-20-14-21(32)16-24(38-2)28(20)40-17-18-10-12-22(33)13-11-18/h5-16,27H,4,17H2,1-3H3/b25-15+/t27-/m0/s1. The predicted molar refractivity (Wildman–Crippen MR) is 163 cm³/mol. The van der Waals surface area contributed by atoms with Crippen molar-refractivity contribution in [2.45, 2.75) is 26.0 Å². The minimum absolute atomic E-state index is 0.271. The molecular weight excluding hydrogens is 628 g/mol. The van der Waals surface area contributed by atoms with Crippen LogP contribution in [0.4, 0.5) is 0 Å². The smallest absolute Gasteiger partial charge is 0.338 e. The summed E-state index contributed by atoms with van der Waals surface area (Å²) in [6.45, 7) is 2.20. The Hall–Kier alpha value is -3.66. The SMILES string of the molecule is CCC1=C(C(=O)OC)[C@H](c2ccccc2)n2c(s/c(=C/c3cc(Br)cc(OC)c3OCc3ccc(Cl)cc3)c2=O)=N1. The van der Waals surface area contributed by atoms with Gasteiger partial charge in [-0.15, -0.1) is 0 Å². The fourth-order valence-electron chi connectivity index (χ4n) is 4.69. The molecule has 10 heteroatoms. The Balaban J connectivity index is 1.67. The molecule has 3 aromatic carbocycles. The first kappa shape index (κ1) is 28.9. The summed E-state index contributed by atoms with van der Waals surface area (Å²) in [6, 6.07) is 19.8. The number of aromatic nitrogens is 1. The molecule has 0 spiro atoms. The lowest BCUT2D eigenvalue weighted by atomic mass is 9.95. The van der Waals surface area contributed by atoms with E-state index in [9.17, 15) is 9.59 Å². The van der Waals surface area contributed by atoms with Crippen molar-refractivity contribution in [1.29, 1.82) is 0 Å². The highest BCUT2D eigenvalue weighted by atomic mass is 79.9. The minimum atomic E-state index is -0.672. The Bertz CT molecular complexity index is 1810. The Morgan fingerprint density at radius 1 is 1.12 bits per heavy atom. The van der Waals surface area contributed by atoms with E-state index in [0.717, 1.165) is 15.6 Å². The molecule has 5 rings (SSSR count). The normalized spacial score (nSPS) is 14.9. The van der Waals surface area contributed by atoms with Gasteiger partial charge in [-0.2, -0.15) is 0 Å². The molecule has 0 fully saturated rings. The molecule has 0 saturated heterocycles. The van der Waals surface area contributed by atoms with Crippen LogP contribution >= 0.6 is 38.9 Å². The van der Waals surface area contributed by atoms with Crippen LogP contribution in [0.3, 0.4) is 0 Å². The zero-order chi connectivity index (χ0) is 29.1. The molecule has 210 valence electrons. The lowest BCUT2D eigenvalue weighted by Crippen LogP contribution is -2.40. The summed E-state index contributed by atoms with van der Waals surface area (Å²) in [6.07, 6.45) is 2.27. The molecule has 7 nitrogen and oxygen atoms in total. The largest absolute Gasteiger partial charge is 0.493 e. The molecule has 41 heavy (non-hydrogen) atoms. The highest BCUT2D eigenvalue weighted by Crippen LogP contribution is 2.36. The maximum atomic E-state index is 14.0. The second-order valence-electron chi connectivity index (χ2n) is 9.14. The number of hydrogen-bond donors (Lipinski definition) is 0. The maximum Gasteiger partial charge on any atom is 0.338 e. The van der Waals surface area contributed by atoms with Gasteiger partial charge < -0.3 is 14.2 Å². The van der Waals surface area contributed by atoms with Gasteiger partial charge in [0.15, 0.2) is 16.3 Å². The van der Waals surface area contributed by atoms with Gasteiger partial charge in [-0.1, -0.05) is 88.3 Å². The van der Waals surface area contributed by atoms with Crippen LogP contribution in [0.5, 0.6) is 11.5 Å². The van der Waals surface area contributed by atoms with Crippen LogP contribution in [0.25, 0.3) is 6.08 Å². The average molecular weight is 654 g/mol. The van der Waals surface area contributed by atoms with Crippen molar-refractivity contribution in [2.75, 3.05) is 14.2 Å². The molecule has 4 aromatic rings. The minimum Gasteiger partial charge on any atom is -0.493 e. The number of benzene rings is 3. The van der Waals surface area contributed by atoms with Gasteiger partial charge in [-0.3, -0.25) is 9.36 Å². The molecule has 0 radical (unpaired) electrons. The Morgan fingerprint density at radius 2 is 1.85 bits per heavy atom. The third-order valence-electron chi connectivity index (χ3n) is 6.62. The second kappa shape index (κ2) is 12.5. The predicted octanol–water partition coefficient (Wildman–Crippen LogP) is 5.80. The van der Waals surface area contributed by atoms with Gasteiger partial charge in [0.05, 0.1) is 36.1 Å². The topological polar surface area (TPSA) is 79.1 Å². The average Bonchev–Trinajstić information content (AvgIpc) is 3.30. The summed E-state index contributed by atoms with van der Waals surface area (Å²) in [5.41, 5.74) is 3.04. The number of hydrogen-bond acceptors (Lipinski definition) is 7. The Morgan fingerprint density at radius 3 is 2.51 bits per heavy atom. The van der Waals surface area contributed by atoms with E-state index in [0.29, 0.717) is 49.1 Å². The molecule has 0 aliphatic carbocycles. The monoisotopic (exact) mass is 652 g/mol. The lowest BCUT2D eigenvalue weighted by molar-refractivity contribution is -0.136. The van der Waals surface area contributed by atoms with Gasteiger partial charge in [-0.25, -0.2) is 9.79 Å². The first-order valence-corrected chi connectivity index (χ1v) is 14.8. The summed E-state index contributed by atoms with van der Waals surface area (Å²) in [4.78, 5) is 32.3. The van der Waals surface area contributed by atoms with Gasteiger partial charge in [0.1, 0.15) is 6.61 Å².